The molecule has 51 heavy (non-hydrogen) atoms. The number of methoxy groups -OCH3 is 1. The fourth-order valence-corrected chi connectivity index (χ4v) is 7.11. The highest BCUT2D eigenvalue weighted by atomic mass is 16.5. The van der Waals surface area contributed by atoms with E-state index in [0.717, 1.165) is 66.5 Å². The maximum Gasteiger partial charge on any atom is 0.335 e. The first-order valence-corrected chi connectivity index (χ1v) is 17.5. The molecule has 2 fully saturated rings. The molecule has 2 saturated heterocycles. The molecule has 1 aromatic heterocycles. The highest BCUT2D eigenvalue weighted by molar-refractivity contribution is 6.11. The number of likely N-dealkylation sites (N-methyl/N-ethyl adjacent to an activating group) is 1. The quantitative estimate of drug-likeness (QED) is 0.270. The van der Waals surface area contributed by atoms with Crippen molar-refractivity contribution in [1.82, 2.24) is 24.7 Å². The lowest BCUT2D eigenvalue weighted by atomic mass is 10.1. The van der Waals surface area contributed by atoms with Gasteiger partial charge in [0.25, 0.3) is 0 Å². The average Bonchev–Trinajstić information content (AvgIpc) is 3.13. The minimum Gasteiger partial charge on any atom is -0.494 e. The fourth-order valence-electron chi connectivity index (χ4n) is 7.11. The minimum atomic E-state index is -0.257. The molecule has 4 heterocycles. The summed E-state index contributed by atoms with van der Waals surface area (Å²) in [7, 11) is 3.78. The van der Waals surface area contributed by atoms with E-state index in [0.29, 0.717) is 55.9 Å². The van der Waals surface area contributed by atoms with Gasteiger partial charge < -0.3 is 24.8 Å². The number of aromatic nitrogens is 2. The Labute approximate surface area is 300 Å². The largest absolute Gasteiger partial charge is 0.494 e. The molecule has 7 rings (SSSR count). The zero-order valence-corrected chi connectivity index (χ0v) is 30.1. The summed E-state index contributed by atoms with van der Waals surface area (Å²) < 4.78 is 5.96. The number of hydrogen-bond donors (Lipinski definition) is 1. The van der Waals surface area contributed by atoms with Crippen molar-refractivity contribution in [3.8, 4) is 5.75 Å². The predicted octanol–water partition coefficient (Wildman–Crippen LogP) is 5.14. The SMILES string of the molecule is COc1cc(N2CCN(C(C)=O)CC2)ccc1N1C(=O)N(c2c(C)c#ccc2C)Cc2cnc(Nc3ccc(CN4CCN(C)CC4)cc3)nc21. The second-order valence-electron chi connectivity index (χ2n) is 13.6. The minimum absolute atomic E-state index is 0.0860. The number of nitrogens with one attached hydrogen (secondary N) is 1. The molecule has 264 valence electrons. The zero-order chi connectivity index (χ0) is 35.6. The van der Waals surface area contributed by atoms with Crippen molar-refractivity contribution in [3.05, 3.63) is 89.1 Å². The Morgan fingerprint density at radius 1 is 0.980 bits per heavy atom. The van der Waals surface area contributed by atoms with Gasteiger partial charge in [0.2, 0.25) is 11.9 Å². The van der Waals surface area contributed by atoms with E-state index in [2.05, 4.69) is 51.3 Å². The van der Waals surface area contributed by atoms with Crippen molar-refractivity contribution < 1.29 is 14.3 Å². The van der Waals surface area contributed by atoms with Crippen LogP contribution in [0.5, 0.6) is 5.75 Å². The number of amides is 3. The molecular formula is C39H45N9O3. The molecule has 12 nitrogen and oxygen atoms in total. The Bertz CT molecular complexity index is 1880. The van der Waals surface area contributed by atoms with Gasteiger partial charge in [-0.1, -0.05) is 24.3 Å². The number of hydrogen-bond acceptors (Lipinski definition) is 9. The van der Waals surface area contributed by atoms with E-state index in [1.54, 1.807) is 30.0 Å². The van der Waals surface area contributed by atoms with Crippen molar-refractivity contribution in [2.24, 2.45) is 0 Å². The molecule has 0 aliphatic carbocycles. The van der Waals surface area contributed by atoms with Crippen LogP contribution in [0.15, 0.2) is 54.7 Å². The molecule has 0 unspecified atom stereocenters. The second kappa shape index (κ2) is 14.5. The maximum absolute atomic E-state index is 14.7. The van der Waals surface area contributed by atoms with Crippen LogP contribution < -0.4 is 24.8 Å². The Morgan fingerprint density at radius 2 is 1.73 bits per heavy atom. The average molecular weight is 688 g/mol. The topological polar surface area (TPSA) is 101 Å². The van der Waals surface area contributed by atoms with E-state index in [1.165, 1.54) is 5.56 Å². The molecule has 3 aliphatic rings. The molecule has 0 saturated carbocycles. The highest BCUT2D eigenvalue weighted by Gasteiger charge is 2.37. The molecule has 3 aliphatic heterocycles. The Balaban J connectivity index is 1.20. The summed E-state index contributed by atoms with van der Waals surface area (Å²) in [4.78, 5) is 48.5. The third kappa shape index (κ3) is 7.13. The van der Waals surface area contributed by atoms with Crippen LogP contribution in [0.1, 0.15) is 29.2 Å². The molecule has 3 amide bonds. The zero-order valence-electron chi connectivity index (χ0n) is 30.1. The molecule has 4 aromatic rings. The third-order valence-electron chi connectivity index (χ3n) is 10.1. The summed E-state index contributed by atoms with van der Waals surface area (Å²) in [6.07, 6.45) is 1.79. The van der Waals surface area contributed by atoms with Crippen LogP contribution >= 0.6 is 0 Å². The van der Waals surface area contributed by atoms with Crippen LogP contribution in [0.4, 0.5) is 39.3 Å². The first kappa shape index (κ1) is 34.1. The van der Waals surface area contributed by atoms with Crippen LogP contribution in [0.2, 0.25) is 0 Å². The Morgan fingerprint density at radius 3 is 2.41 bits per heavy atom. The van der Waals surface area contributed by atoms with Gasteiger partial charge in [0, 0.05) is 101 Å². The number of carbonyl (C=O) groups excluding carboxylic acids is 2. The number of piperazine rings is 2. The first-order valence-electron chi connectivity index (χ1n) is 17.5. The number of nitrogens with zero attached hydrogens (tertiary/aromatic N) is 8. The van der Waals surface area contributed by atoms with Crippen LogP contribution in [-0.2, 0) is 17.9 Å². The van der Waals surface area contributed by atoms with E-state index < -0.39 is 0 Å². The fraction of sp³-hybridized carbons (Fsp3) is 0.385. The van der Waals surface area contributed by atoms with Crippen molar-refractivity contribution >= 4 is 46.5 Å². The highest BCUT2D eigenvalue weighted by Crippen LogP contribution is 2.42. The molecular weight excluding hydrogens is 642 g/mol. The Hall–Kier alpha value is -5.38. The van der Waals surface area contributed by atoms with Gasteiger partial charge >= 0.3 is 6.03 Å². The number of rotatable bonds is 8. The predicted molar refractivity (Wildman–Crippen MR) is 199 cm³/mol. The molecule has 0 radical (unpaired) electrons. The van der Waals surface area contributed by atoms with Crippen molar-refractivity contribution in [1.29, 1.82) is 0 Å². The lowest BCUT2D eigenvalue weighted by Crippen LogP contribution is -2.48. The van der Waals surface area contributed by atoms with E-state index in [-0.39, 0.29) is 11.9 Å². The van der Waals surface area contributed by atoms with E-state index in [4.69, 9.17) is 14.7 Å². The molecule has 3 aromatic carbocycles. The summed E-state index contributed by atoms with van der Waals surface area (Å²) in [5.74, 6) is 1.50. The molecule has 0 atom stereocenters. The monoisotopic (exact) mass is 687 g/mol. The molecule has 0 spiro atoms. The number of aryl methyl sites for hydroxylation is 1. The van der Waals surface area contributed by atoms with Gasteiger partial charge in [0.15, 0.2) is 5.82 Å². The summed E-state index contributed by atoms with van der Waals surface area (Å²) >= 11 is 0. The number of anilines is 6. The van der Waals surface area contributed by atoms with Gasteiger partial charge in [0.05, 0.1) is 25.0 Å². The molecule has 0 bridgehead atoms. The molecule has 12 heteroatoms. The van der Waals surface area contributed by atoms with Crippen molar-refractivity contribution in [3.63, 3.8) is 0 Å². The second-order valence-corrected chi connectivity index (χ2v) is 13.6. The van der Waals surface area contributed by atoms with Gasteiger partial charge in [-0.2, -0.15) is 4.98 Å². The van der Waals surface area contributed by atoms with Gasteiger partial charge in [-0.15, -0.1) is 0 Å². The van der Waals surface area contributed by atoms with Crippen LogP contribution in [0.3, 0.4) is 0 Å². The number of fused-ring (bicyclic) bond motifs is 1. The van der Waals surface area contributed by atoms with Gasteiger partial charge in [0.1, 0.15) is 5.75 Å². The number of benzene rings is 2. The first-order chi connectivity index (χ1) is 24.7. The van der Waals surface area contributed by atoms with Gasteiger partial charge in [-0.3, -0.25) is 14.6 Å². The van der Waals surface area contributed by atoms with Crippen LogP contribution in [0.25, 0.3) is 0 Å². The van der Waals surface area contributed by atoms with Gasteiger partial charge in [-0.05, 0) is 62.4 Å². The van der Waals surface area contributed by atoms with E-state index in [1.807, 2.05) is 55.1 Å². The van der Waals surface area contributed by atoms with Crippen molar-refractivity contribution in [2.75, 3.05) is 86.5 Å². The van der Waals surface area contributed by atoms with Crippen LogP contribution in [-0.4, -0.2) is 103 Å². The summed E-state index contributed by atoms with van der Waals surface area (Å²) in [6, 6.07) is 22.0. The standard InChI is InChI=1S/C39H45N9O3/c1-27-7-6-8-28(2)36(27)47-26-31-24-40-38(41-32-11-9-30(10-12-32)25-44-17-15-43(4)16-18-44)42-37(31)48(39(47)50)34-14-13-33(23-35(34)51-5)46-21-19-45(20-22-46)29(3)49/h7,9-14,23-24H,15-22,25-26H2,1-5H3,(H,40,41,42). The Kier molecular flexibility index (Phi) is 9.67. The lowest BCUT2D eigenvalue weighted by molar-refractivity contribution is -0.129. The summed E-state index contributed by atoms with van der Waals surface area (Å²) in [5, 5.41) is 3.36. The maximum atomic E-state index is 14.7. The number of carbonyl (C=O) groups is 2. The normalized spacial score (nSPS) is 16.9. The van der Waals surface area contributed by atoms with Gasteiger partial charge in [-0.25, -0.2) is 14.7 Å². The van der Waals surface area contributed by atoms with E-state index in [9.17, 15) is 9.59 Å². The summed E-state index contributed by atoms with van der Waals surface area (Å²) in [6.45, 7) is 13.8. The number of urea groups is 1. The summed E-state index contributed by atoms with van der Waals surface area (Å²) in [5.41, 5.74) is 6.97. The lowest BCUT2D eigenvalue weighted by Gasteiger charge is -2.38. The van der Waals surface area contributed by atoms with Crippen molar-refractivity contribution in [2.45, 2.75) is 33.9 Å². The third-order valence-corrected chi connectivity index (χ3v) is 10.1. The van der Waals surface area contributed by atoms with Crippen LogP contribution in [0, 0.1) is 26.0 Å². The number of ether oxygens (including phenoxy) is 1. The van der Waals surface area contributed by atoms with E-state index >= 15 is 0 Å². The smallest absolute Gasteiger partial charge is 0.335 e. The molecule has 1 N–H and O–H groups in total.